The van der Waals surface area contributed by atoms with Gasteiger partial charge in [0, 0.05) is 17.9 Å². The van der Waals surface area contributed by atoms with Crippen molar-refractivity contribution < 1.29 is 4.79 Å². The van der Waals surface area contributed by atoms with E-state index in [-0.39, 0.29) is 5.91 Å². The Labute approximate surface area is 137 Å². The molecule has 0 unspecified atom stereocenters. The highest BCUT2D eigenvalue weighted by Crippen LogP contribution is 2.15. The maximum Gasteiger partial charge on any atom is 0.270 e. The van der Waals surface area contributed by atoms with Crippen LogP contribution in [0.25, 0.3) is 0 Å². The van der Waals surface area contributed by atoms with Crippen molar-refractivity contribution in [1.29, 1.82) is 0 Å². The molecule has 0 radical (unpaired) electrons. The number of aromatic nitrogens is 2. The van der Waals surface area contributed by atoms with Crippen molar-refractivity contribution in [3.8, 4) is 0 Å². The predicted molar refractivity (Wildman–Crippen MR) is 93.1 cm³/mol. The lowest BCUT2D eigenvalue weighted by molar-refractivity contribution is 0.0948. The number of benzene rings is 1. The van der Waals surface area contributed by atoms with E-state index in [1.54, 1.807) is 6.07 Å². The van der Waals surface area contributed by atoms with E-state index in [2.05, 4.69) is 46.6 Å². The van der Waals surface area contributed by atoms with Gasteiger partial charge in [-0.05, 0) is 43.5 Å². The summed E-state index contributed by atoms with van der Waals surface area (Å²) in [7, 11) is 0. The number of nitrogens with one attached hydrogen (secondary N) is 2. The Morgan fingerprint density at radius 3 is 2.52 bits per heavy atom. The number of amides is 1. The molecule has 0 aliphatic rings. The van der Waals surface area contributed by atoms with Crippen LogP contribution >= 0.6 is 0 Å². The van der Waals surface area contributed by atoms with Crippen LogP contribution in [0.5, 0.6) is 0 Å². The Bertz CT molecular complexity index is 653. The van der Waals surface area contributed by atoms with Gasteiger partial charge < -0.3 is 10.6 Å². The summed E-state index contributed by atoms with van der Waals surface area (Å²) in [5.41, 5.74) is 3.33. The molecule has 0 aliphatic carbocycles. The third-order valence-electron chi connectivity index (χ3n) is 3.52. The van der Waals surface area contributed by atoms with Gasteiger partial charge in [-0.2, -0.15) is 0 Å². The van der Waals surface area contributed by atoms with Crippen molar-refractivity contribution in [3.63, 3.8) is 0 Å². The van der Waals surface area contributed by atoms with Gasteiger partial charge in [0.05, 0.1) is 0 Å². The summed E-state index contributed by atoms with van der Waals surface area (Å²) in [6, 6.07) is 9.82. The Morgan fingerprint density at radius 1 is 1.13 bits per heavy atom. The molecule has 122 valence electrons. The fourth-order valence-corrected chi connectivity index (χ4v) is 2.16. The van der Waals surface area contributed by atoms with Gasteiger partial charge in [0.1, 0.15) is 5.69 Å². The SMILES string of the molecule is CCCCNC(=O)c1cc(C)nc(Nc2ccc(CC)cc2)n1. The standard InChI is InChI=1S/C18H24N4O/c1-4-6-11-19-17(23)16-12-13(3)20-18(22-16)21-15-9-7-14(5-2)8-10-15/h7-10,12H,4-6,11H2,1-3H3,(H,19,23)(H,20,21,22). The second kappa shape index (κ2) is 8.27. The third kappa shape index (κ3) is 5.06. The Morgan fingerprint density at radius 2 is 1.87 bits per heavy atom. The zero-order chi connectivity index (χ0) is 16.7. The topological polar surface area (TPSA) is 66.9 Å². The van der Waals surface area contributed by atoms with E-state index in [0.717, 1.165) is 30.6 Å². The highest BCUT2D eigenvalue weighted by molar-refractivity contribution is 5.92. The zero-order valence-electron chi connectivity index (χ0n) is 14.0. The second-order valence-electron chi connectivity index (χ2n) is 5.50. The molecular weight excluding hydrogens is 288 g/mol. The molecule has 2 aromatic rings. The smallest absolute Gasteiger partial charge is 0.270 e. The van der Waals surface area contributed by atoms with Crippen LogP contribution in [-0.2, 0) is 6.42 Å². The van der Waals surface area contributed by atoms with E-state index in [0.29, 0.717) is 18.2 Å². The molecule has 0 spiro atoms. The van der Waals surface area contributed by atoms with Crippen LogP contribution in [0.1, 0.15) is 48.4 Å². The van der Waals surface area contributed by atoms with Gasteiger partial charge in [-0.15, -0.1) is 0 Å². The van der Waals surface area contributed by atoms with Crippen molar-refractivity contribution in [2.24, 2.45) is 0 Å². The monoisotopic (exact) mass is 312 g/mol. The summed E-state index contributed by atoms with van der Waals surface area (Å²) in [4.78, 5) is 20.8. The number of nitrogens with zero attached hydrogens (tertiary/aromatic N) is 2. The third-order valence-corrected chi connectivity index (χ3v) is 3.52. The number of unbranched alkanes of at least 4 members (excludes halogenated alkanes) is 1. The molecule has 5 heteroatoms. The Balaban J connectivity index is 2.11. The molecule has 0 bridgehead atoms. The number of carbonyl (C=O) groups excluding carboxylic acids is 1. The minimum absolute atomic E-state index is 0.159. The summed E-state index contributed by atoms with van der Waals surface area (Å²) in [5, 5.41) is 6.03. The van der Waals surface area contributed by atoms with Gasteiger partial charge in [0.2, 0.25) is 5.95 Å². The second-order valence-corrected chi connectivity index (χ2v) is 5.50. The number of carbonyl (C=O) groups is 1. The quantitative estimate of drug-likeness (QED) is 0.766. The molecule has 2 N–H and O–H groups in total. The lowest BCUT2D eigenvalue weighted by Gasteiger charge is -2.09. The average Bonchev–Trinajstić information content (AvgIpc) is 2.55. The van der Waals surface area contributed by atoms with Gasteiger partial charge in [0.15, 0.2) is 0 Å². The van der Waals surface area contributed by atoms with Crippen LogP contribution < -0.4 is 10.6 Å². The summed E-state index contributed by atoms with van der Waals surface area (Å²) in [6.07, 6.45) is 3.01. The Hall–Kier alpha value is -2.43. The number of hydrogen-bond acceptors (Lipinski definition) is 4. The predicted octanol–water partition coefficient (Wildman–Crippen LogP) is 3.62. The van der Waals surface area contributed by atoms with Crippen LogP contribution in [0.2, 0.25) is 0 Å². The van der Waals surface area contributed by atoms with Crippen molar-refractivity contribution in [2.75, 3.05) is 11.9 Å². The van der Waals surface area contributed by atoms with Crippen LogP contribution in [-0.4, -0.2) is 22.4 Å². The molecule has 0 saturated carbocycles. The van der Waals surface area contributed by atoms with Gasteiger partial charge in [-0.1, -0.05) is 32.4 Å². The van der Waals surface area contributed by atoms with Gasteiger partial charge in [-0.3, -0.25) is 4.79 Å². The van der Waals surface area contributed by atoms with Gasteiger partial charge in [0.25, 0.3) is 5.91 Å². The van der Waals surface area contributed by atoms with E-state index in [4.69, 9.17) is 0 Å². The number of hydrogen-bond donors (Lipinski definition) is 2. The first-order valence-corrected chi connectivity index (χ1v) is 8.12. The molecule has 1 amide bonds. The zero-order valence-corrected chi connectivity index (χ0v) is 14.0. The molecule has 1 aromatic carbocycles. The van der Waals surface area contributed by atoms with Crippen LogP contribution in [0.15, 0.2) is 30.3 Å². The summed E-state index contributed by atoms with van der Waals surface area (Å²) in [5.74, 6) is 0.281. The summed E-state index contributed by atoms with van der Waals surface area (Å²) < 4.78 is 0. The first kappa shape index (κ1) is 16.9. The van der Waals surface area contributed by atoms with E-state index >= 15 is 0 Å². The van der Waals surface area contributed by atoms with Crippen LogP contribution in [0, 0.1) is 6.92 Å². The number of aryl methyl sites for hydroxylation is 2. The van der Waals surface area contributed by atoms with E-state index in [1.807, 2.05) is 19.1 Å². The molecule has 23 heavy (non-hydrogen) atoms. The maximum absolute atomic E-state index is 12.1. The van der Waals surface area contributed by atoms with Gasteiger partial charge >= 0.3 is 0 Å². The molecule has 1 aromatic heterocycles. The fraction of sp³-hybridized carbons (Fsp3) is 0.389. The average molecular weight is 312 g/mol. The molecule has 1 heterocycles. The highest BCUT2D eigenvalue weighted by Gasteiger charge is 2.10. The molecule has 5 nitrogen and oxygen atoms in total. The van der Waals surface area contributed by atoms with Gasteiger partial charge in [-0.25, -0.2) is 9.97 Å². The molecule has 0 atom stereocenters. The largest absolute Gasteiger partial charge is 0.351 e. The van der Waals surface area contributed by atoms with Crippen LogP contribution in [0.4, 0.5) is 11.6 Å². The lowest BCUT2D eigenvalue weighted by atomic mass is 10.1. The maximum atomic E-state index is 12.1. The van der Waals surface area contributed by atoms with Crippen molar-refractivity contribution in [3.05, 3.63) is 47.3 Å². The molecule has 0 fully saturated rings. The Kier molecular flexibility index (Phi) is 6.09. The lowest BCUT2D eigenvalue weighted by Crippen LogP contribution is -2.25. The number of rotatable bonds is 7. The first-order valence-electron chi connectivity index (χ1n) is 8.12. The molecule has 0 saturated heterocycles. The van der Waals surface area contributed by atoms with Crippen molar-refractivity contribution in [1.82, 2.24) is 15.3 Å². The first-order chi connectivity index (χ1) is 11.1. The number of anilines is 2. The highest BCUT2D eigenvalue weighted by atomic mass is 16.1. The summed E-state index contributed by atoms with van der Waals surface area (Å²) in [6.45, 7) is 6.73. The van der Waals surface area contributed by atoms with E-state index < -0.39 is 0 Å². The molecule has 0 aliphatic heterocycles. The minimum Gasteiger partial charge on any atom is -0.351 e. The van der Waals surface area contributed by atoms with E-state index in [1.165, 1.54) is 5.56 Å². The molecule has 2 rings (SSSR count). The summed E-state index contributed by atoms with van der Waals surface area (Å²) >= 11 is 0. The van der Waals surface area contributed by atoms with Crippen molar-refractivity contribution in [2.45, 2.75) is 40.0 Å². The normalized spacial score (nSPS) is 10.4. The minimum atomic E-state index is -0.159. The molecular formula is C18H24N4O. The van der Waals surface area contributed by atoms with Crippen LogP contribution in [0.3, 0.4) is 0 Å². The fourth-order valence-electron chi connectivity index (χ4n) is 2.16. The van der Waals surface area contributed by atoms with E-state index in [9.17, 15) is 4.79 Å². The van der Waals surface area contributed by atoms with Crippen molar-refractivity contribution >= 4 is 17.5 Å².